The summed E-state index contributed by atoms with van der Waals surface area (Å²) in [6, 6.07) is 0. The average Bonchev–Trinajstić information content (AvgIpc) is 2.39. The summed E-state index contributed by atoms with van der Waals surface area (Å²) in [5.74, 6) is 0. The zero-order valence-corrected chi connectivity index (χ0v) is 13.3. The second kappa shape index (κ2) is 10.6. The molecule has 0 bridgehead atoms. The molecule has 5 heteroatoms. The molecule has 0 aromatic heterocycles. The Kier molecular flexibility index (Phi) is 9.45. The Morgan fingerprint density at radius 2 is 1.50 bits per heavy atom. The number of phosphoric acid groups is 1. The summed E-state index contributed by atoms with van der Waals surface area (Å²) in [4.78, 5) is 17.1. The quantitative estimate of drug-likeness (QED) is 0.423. The number of phosphoric ester groups is 1. The summed E-state index contributed by atoms with van der Waals surface area (Å²) in [5.41, 5.74) is 1.59. The van der Waals surface area contributed by atoms with Gasteiger partial charge >= 0.3 is 7.82 Å². The van der Waals surface area contributed by atoms with Crippen LogP contribution in [0.5, 0.6) is 0 Å². The summed E-state index contributed by atoms with van der Waals surface area (Å²) < 4.78 is 14.9. The molecule has 0 unspecified atom stereocenters. The molecular weight excluding hydrogens is 275 g/mol. The lowest BCUT2D eigenvalue weighted by Gasteiger charge is -2.11. The summed E-state index contributed by atoms with van der Waals surface area (Å²) in [6.45, 7) is 0.146. The number of unbranched alkanes of at least 4 members (excludes halogenated alkanes) is 2. The van der Waals surface area contributed by atoms with Crippen molar-refractivity contribution in [3.8, 4) is 0 Å². The van der Waals surface area contributed by atoms with Gasteiger partial charge in [-0.1, -0.05) is 43.8 Å². The van der Waals surface area contributed by atoms with E-state index in [0.29, 0.717) is 6.42 Å². The molecule has 118 valence electrons. The molecule has 1 saturated carbocycles. The highest BCUT2D eigenvalue weighted by Gasteiger charge is 2.12. The molecule has 1 aliphatic rings. The maximum Gasteiger partial charge on any atom is 0.469 e. The number of hydrogen-bond donors (Lipinski definition) is 2. The van der Waals surface area contributed by atoms with Crippen LogP contribution >= 0.6 is 7.82 Å². The van der Waals surface area contributed by atoms with E-state index in [2.05, 4.69) is 10.6 Å². The predicted octanol–water partition coefficient (Wildman–Crippen LogP) is 4.72. The molecule has 0 spiro atoms. The molecule has 0 radical (unpaired) electrons. The number of rotatable bonds is 6. The Hall–Kier alpha value is -0.150. The van der Waals surface area contributed by atoms with Crippen molar-refractivity contribution >= 4 is 7.82 Å². The highest BCUT2D eigenvalue weighted by atomic mass is 31.2. The van der Waals surface area contributed by atoms with Gasteiger partial charge in [-0.25, -0.2) is 4.57 Å². The molecule has 4 nitrogen and oxygen atoms in total. The van der Waals surface area contributed by atoms with E-state index >= 15 is 0 Å². The van der Waals surface area contributed by atoms with Gasteiger partial charge in [-0.3, -0.25) is 4.52 Å². The van der Waals surface area contributed by atoms with Crippen molar-refractivity contribution in [1.82, 2.24) is 0 Å². The number of allylic oxidation sites excluding steroid dienone is 2. The first-order chi connectivity index (χ1) is 9.58. The molecule has 1 rings (SSSR count). The van der Waals surface area contributed by atoms with E-state index in [-0.39, 0.29) is 6.61 Å². The standard InChI is InChI=1S/C15H29O4P/c16-20(17,18)19-14-10-6-9-13-15-11-7-4-2-1-3-5-8-12-15/h13H,1-12,14H2,(H2,16,17,18). The maximum atomic E-state index is 10.5. The van der Waals surface area contributed by atoms with Gasteiger partial charge in [0.1, 0.15) is 0 Å². The van der Waals surface area contributed by atoms with Crippen LogP contribution < -0.4 is 0 Å². The first kappa shape index (κ1) is 17.9. The average molecular weight is 304 g/mol. The van der Waals surface area contributed by atoms with Gasteiger partial charge in [0.15, 0.2) is 0 Å². The normalized spacial score (nSPS) is 18.8. The summed E-state index contributed by atoms with van der Waals surface area (Å²) >= 11 is 0. The minimum atomic E-state index is -4.28. The third-order valence-corrected chi connectivity index (χ3v) is 4.31. The van der Waals surface area contributed by atoms with Crippen LogP contribution in [0.1, 0.15) is 77.0 Å². The van der Waals surface area contributed by atoms with Gasteiger partial charge in [-0.15, -0.1) is 0 Å². The van der Waals surface area contributed by atoms with Crippen LogP contribution in [-0.2, 0) is 9.09 Å². The maximum absolute atomic E-state index is 10.5. The van der Waals surface area contributed by atoms with Gasteiger partial charge in [-0.05, 0) is 44.9 Å². The van der Waals surface area contributed by atoms with Gasteiger partial charge < -0.3 is 9.79 Å². The molecule has 0 heterocycles. The van der Waals surface area contributed by atoms with E-state index < -0.39 is 7.82 Å². The first-order valence-corrected chi connectivity index (χ1v) is 9.49. The topological polar surface area (TPSA) is 66.8 Å². The molecule has 2 N–H and O–H groups in total. The van der Waals surface area contributed by atoms with Gasteiger partial charge in [-0.2, -0.15) is 0 Å². The van der Waals surface area contributed by atoms with Crippen molar-refractivity contribution in [3.05, 3.63) is 11.6 Å². The van der Waals surface area contributed by atoms with Crippen molar-refractivity contribution in [2.75, 3.05) is 6.61 Å². The smallest absolute Gasteiger partial charge is 0.303 e. The first-order valence-electron chi connectivity index (χ1n) is 7.96. The van der Waals surface area contributed by atoms with Crippen molar-refractivity contribution in [2.45, 2.75) is 77.0 Å². The zero-order valence-electron chi connectivity index (χ0n) is 12.4. The van der Waals surface area contributed by atoms with Gasteiger partial charge in [0.05, 0.1) is 6.61 Å². The van der Waals surface area contributed by atoms with Crippen molar-refractivity contribution < 1.29 is 18.9 Å². The molecule has 0 amide bonds. The van der Waals surface area contributed by atoms with Crippen LogP contribution in [0.4, 0.5) is 0 Å². The van der Waals surface area contributed by atoms with Crippen LogP contribution in [0.3, 0.4) is 0 Å². The van der Waals surface area contributed by atoms with Crippen molar-refractivity contribution in [2.24, 2.45) is 0 Å². The SMILES string of the molecule is O=P(O)(O)OCCCCC=C1CCCCCCCCC1. The lowest BCUT2D eigenvalue weighted by atomic mass is 9.96. The van der Waals surface area contributed by atoms with E-state index in [9.17, 15) is 4.57 Å². The highest BCUT2D eigenvalue weighted by Crippen LogP contribution is 2.35. The molecule has 0 aliphatic heterocycles. The van der Waals surface area contributed by atoms with Crippen LogP contribution in [-0.4, -0.2) is 16.4 Å². The molecule has 1 aliphatic carbocycles. The molecule has 0 aromatic carbocycles. The lowest BCUT2D eigenvalue weighted by Crippen LogP contribution is -1.93. The second-order valence-corrected chi connectivity index (χ2v) is 6.90. The molecule has 1 fully saturated rings. The highest BCUT2D eigenvalue weighted by molar-refractivity contribution is 7.46. The summed E-state index contributed by atoms with van der Waals surface area (Å²) in [5, 5.41) is 0. The number of hydrogen-bond acceptors (Lipinski definition) is 2. The second-order valence-electron chi connectivity index (χ2n) is 5.66. The third-order valence-electron chi connectivity index (χ3n) is 3.79. The fraction of sp³-hybridized carbons (Fsp3) is 0.867. The summed E-state index contributed by atoms with van der Waals surface area (Å²) in [6.07, 6.45) is 17.0. The fourth-order valence-electron chi connectivity index (χ4n) is 2.65. The Labute approximate surface area is 122 Å². The predicted molar refractivity (Wildman–Crippen MR) is 81.5 cm³/mol. The van der Waals surface area contributed by atoms with Gasteiger partial charge in [0, 0.05) is 0 Å². The zero-order chi connectivity index (χ0) is 14.7. The Balaban J connectivity index is 2.16. The largest absolute Gasteiger partial charge is 0.469 e. The Bertz CT molecular complexity index is 310. The molecule has 0 aromatic rings. The Morgan fingerprint density at radius 3 is 2.05 bits per heavy atom. The van der Waals surface area contributed by atoms with E-state index in [1.165, 1.54) is 57.8 Å². The van der Waals surface area contributed by atoms with Gasteiger partial charge in [0.25, 0.3) is 0 Å². The minimum Gasteiger partial charge on any atom is -0.303 e. The van der Waals surface area contributed by atoms with Crippen LogP contribution in [0, 0.1) is 0 Å². The van der Waals surface area contributed by atoms with Crippen molar-refractivity contribution in [1.29, 1.82) is 0 Å². The van der Waals surface area contributed by atoms with Crippen LogP contribution in [0.25, 0.3) is 0 Å². The van der Waals surface area contributed by atoms with E-state index in [1.54, 1.807) is 5.57 Å². The van der Waals surface area contributed by atoms with E-state index in [0.717, 1.165) is 12.8 Å². The molecular formula is C15H29O4P. The summed E-state index contributed by atoms with van der Waals surface area (Å²) in [7, 11) is -4.28. The van der Waals surface area contributed by atoms with E-state index in [4.69, 9.17) is 9.79 Å². The molecule has 20 heavy (non-hydrogen) atoms. The monoisotopic (exact) mass is 304 g/mol. The minimum absolute atomic E-state index is 0.146. The molecule has 0 atom stereocenters. The van der Waals surface area contributed by atoms with E-state index in [1.807, 2.05) is 0 Å². The lowest BCUT2D eigenvalue weighted by molar-refractivity contribution is 0.194. The van der Waals surface area contributed by atoms with Crippen LogP contribution in [0.2, 0.25) is 0 Å². The van der Waals surface area contributed by atoms with Crippen molar-refractivity contribution in [3.63, 3.8) is 0 Å². The molecule has 0 saturated heterocycles. The fourth-order valence-corrected chi connectivity index (χ4v) is 3.02. The third kappa shape index (κ3) is 10.6. The van der Waals surface area contributed by atoms with Gasteiger partial charge in [0.2, 0.25) is 0 Å². The van der Waals surface area contributed by atoms with Crippen LogP contribution in [0.15, 0.2) is 11.6 Å². The Morgan fingerprint density at radius 1 is 0.950 bits per heavy atom.